The molecule has 0 amide bonds. The van der Waals surface area contributed by atoms with Gasteiger partial charge < -0.3 is 10.2 Å². The molecule has 2 aromatic heterocycles. The second-order valence-electron chi connectivity index (χ2n) is 5.84. The van der Waals surface area contributed by atoms with Crippen LogP contribution in [0.1, 0.15) is 11.3 Å². The molecule has 6 nitrogen and oxygen atoms in total. The van der Waals surface area contributed by atoms with E-state index < -0.39 is 11.9 Å². The molecule has 0 saturated heterocycles. The molecule has 0 fully saturated rings. The summed E-state index contributed by atoms with van der Waals surface area (Å²) in [5, 5.41) is 7.03. The molecule has 0 aliphatic heterocycles. The lowest BCUT2D eigenvalue weighted by atomic mass is 10.2. The highest BCUT2D eigenvalue weighted by molar-refractivity contribution is 5.51. The number of anilines is 3. The molecule has 3 aromatic rings. The second kappa shape index (κ2) is 7.03. The van der Waals surface area contributed by atoms with Crippen LogP contribution in [0.15, 0.2) is 48.7 Å². The molecule has 3 rings (SSSR count). The van der Waals surface area contributed by atoms with Gasteiger partial charge in [-0.15, -0.1) is 0 Å². The van der Waals surface area contributed by atoms with Gasteiger partial charge >= 0.3 is 6.18 Å². The van der Waals surface area contributed by atoms with Crippen LogP contribution in [0.3, 0.4) is 0 Å². The largest absolute Gasteiger partial charge is 0.433 e. The number of hydrogen-bond donors (Lipinski definition) is 1. The van der Waals surface area contributed by atoms with Gasteiger partial charge in [-0.2, -0.15) is 23.3 Å². The summed E-state index contributed by atoms with van der Waals surface area (Å²) in [5.74, 6) is 0.358. The highest BCUT2D eigenvalue weighted by atomic mass is 19.4. The van der Waals surface area contributed by atoms with Gasteiger partial charge in [0, 0.05) is 32.4 Å². The van der Waals surface area contributed by atoms with Gasteiger partial charge in [0.15, 0.2) is 11.5 Å². The minimum absolute atomic E-state index is 0.151. The zero-order valence-corrected chi connectivity index (χ0v) is 14.2. The number of rotatable bonds is 5. The molecule has 136 valence electrons. The quantitative estimate of drug-likeness (QED) is 0.752. The van der Waals surface area contributed by atoms with Gasteiger partial charge in [0.25, 0.3) is 0 Å². The lowest BCUT2D eigenvalue weighted by Crippen LogP contribution is -2.16. The van der Waals surface area contributed by atoms with Crippen molar-refractivity contribution in [3.05, 3.63) is 59.9 Å². The summed E-state index contributed by atoms with van der Waals surface area (Å²) in [7, 11) is 3.22. The minimum atomic E-state index is -4.56. The number of nitrogens with zero attached hydrogens (tertiary/aromatic N) is 5. The van der Waals surface area contributed by atoms with Gasteiger partial charge in [-0.1, -0.05) is 30.3 Å². The minimum Gasteiger partial charge on any atom is -0.363 e. The number of hydrogen-bond acceptors (Lipinski definition) is 5. The number of benzene rings is 1. The number of halogens is 3. The highest BCUT2D eigenvalue weighted by Gasteiger charge is 2.34. The summed E-state index contributed by atoms with van der Waals surface area (Å²) in [6.07, 6.45) is -2.83. The Morgan fingerprint density at radius 1 is 1.08 bits per heavy atom. The third-order valence-corrected chi connectivity index (χ3v) is 3.53. The zero-order chi connectivity index (χ0) is 18.7. The van der Waals surface area contributed by atoms with E-state index in [0.717, 1.165) is 11.6 Å². The van der Waals surface area contributed by atoms with E-state index in [4.69, 9.17) is 0 Å². The van der Waals surface area contributed by atoms with Crippen LogP contribution in [-0.2, 0) is 12.7 Å². The molecule has 1 aromatic carbocycles. The van der Waals surface area contributed by atoms with Crippen LogP contribution in [0.2, 0.25) is 0 Å². The Kier molecular flexibility index (Phi) is 4.79. The van der Waals surface area contributed by atoms with Gasteiger partial charge in [-0.3, -0.25) is 4.68 Å². The smallest absolute Gasteiger partial charge is 0.363 e. The average molecular weight is 362 g/mol. The van der Waals surface area contributed by atoms with Crippen LogP contribution >= 0.6 is 0 Å². The molecule has 0 saturated carbocycles. The Labute approximate surface area is 148 Å². The topological polar surface area (TPSA) is 58.9 Å². The van der Waals surface area contributed by atoms with Crippen molar-refractivity contribution in [2.75, 3.05) is 24.3 Å². The fourth-order valence-electron chi connectivity index (χ4n) is 2.27. The molecule has 0 bridgehead atoms. The molecule has 26 heavy (non-hydrogen) atoms. The zero-order valence-electron chi connectivity index (χ0n) is 14.2. The summed E-state index contributed by atoms with van der Waals surface area (Å²) in [4.78, 5) is 9.12. The molecule has 0 aliphatic carbocycles. The van der Waals surface area contributed by atoms with Crippen LogP contribution in [0, 0.1) is 0 Å². The average Bonchev–Trinajstić information content (AvgIpc) is 3.01. The van der Waals surface area contributed by atoms with Crippen molar-refractivity contribution >= 4 is 17.6 Å². The second-order valence-corrected chi connectivity index (χ2v) is 5.84. The van der Waals surface area contributed by atoms with Gasteiger partial charge in [0.1, 0.15) is 5.82 Å². The SMILES string of the molecule is CN(C)c1cc(C(F)(F)F)nc(Nc2ccn(Cc3ccccc3)n2)n1. The first-order chi connectivity index (χ1) is 12.3. The molecule has 9 heteroatoms. The Balaban J connectivity index is 1.81. The Morgan fingerprint density at radius 2 is 1.81 bits per heavy atom. The van der Waals surface area contributed by atoms with E-state index in [2.05, 4.69) is 20.4 Å². The predicted molar refractivity (Wildman–Crippen MR) is 92.4 cm³/mol. The van der Waals surface area contributed by atoms with E-state index in [-0.39, 0.29) is 11.8 Å². The van der Waals surface area contributed by atoms with Crippen molar-refractivity contribution in [3.63, 3.8) is 0 Å². The maximum absolute atomic E-state index is 13.0. The number of alkyl halides is 3. The van der Waals surface area contributed by atoms with Crippen LogP contribution in [0.5, 0.6) is 0 Å². The fraction of sp³-hybridized carbons (Fsp3) is 0.235. The normalized spacial score (nSPS) is 11.4. The first kappa shape index (κ1) is 17.7. The van der Waals surface area contributed by atoms with E-state index in [1.165, 1.54) is 4.90 Å². The highest BCUT2D eigenvalue weighted by Crippen LogP contribution is 2.30. The predicted octanol–water partition coefficient (Wildman–Crippen LogP) is 3.55. The molecule has 0 atom stereocenters. The summed E-state index contributed by atoms with van der Waals surface area (Å²) in [5.41, 5.74) is 0.0507. The summed E-state index contributed by atoms with van der Waals surface area (Å²) >= 11 is 0. The van der Waals surface area contributed by atoms with E-state index in [9.17, 15) is 13.2 Å². The molecule has 2 heterocycles. The van der Waals surface area contributed by atoms with E-state index >= 15 is 0 Å². The molecule has 0 spiro atoms. The van der Waals surface area contributed by atoms with Gasteiger partial charge in [-0.05, 0) is 5.56 Å². The van der Waals surface area contributed by atoms with Gasteiger partial charge in [-0.25, -0.2) is 4.98 Å². The standard InChI is InChI=1S/C17H17F3N6/c1-25(2)15-10-13(17(18,19)20)21-16(23-15)22-14-8-9-26(24-14)11-12-6-4-3-5-7-12/h3-10H,11H2,1-2H3,(H,21,22,23,24). The maximum Gasteiger partial charge on any atom is 0.433 e. The number of nitrogens with one attached hydrogen (secondary N) is 1. The van der Waals surface area contributed by atoms with Gasteiger partial charge in [0.2, 0.25) is 5.95 Å². The van der Waals surface area contributed by atoms with E-state index in [1.54, 1.807) is 31.0 Å². The van der Waals surface area contributed by atoms with Crippen molar-refractivity contribution in [3.8, 4) is 0 Å². The molecule has 0 radical (unpaired) electrons. The van der Waals surface area contributed by atoms with E-state index in [0.29, 0.717) is 12.4 Å². The molecule has 0 aliphatic rings. The van der Waals surface area contributed by atoms with Crippen molar-refractivity contribution in [1.82, 2.24) is 19.7 Å². The van der Waals surface area contributed by atoms with Crippen LogP contribution < -0.4 is 10.2 Å². The molecule has 0 unspecified atom stereocenters. The van der Waals surface area contributed by atoms with Crippen LogP contribution in [0.4, 0.5) is 30.8 Å². The molecule has 1 N–H and O–H groups in total. The summed E-state index contributed by atoms with van der Waals surface area (Å²) < 4.78 is 40.8. The van der Waals surface area contributed by atoms with Crippen LogP contribution in [0.25, 0.3) is 0 Å². The lowest BCUT2D eigenvalue weighted by Gasteiger charge is -2.15. The Bertz CT molecular complexity index is 874. The molecular formula is C17H17F3N6. The first-order valence-corrected chi connectivity index (χ1v) is 7.79. The lowest BCUT2D eigenvalue weighted by molar-refractivity contribution is -0.141. The Morgan fingerprint density at radius 3 is 2.46 bits per heavy atom. The van der Waals surface area contributed by atoms with Crippen molar-refractivity contribution in [1.29, 1.82) is 0 Å². The van der Waals surface area contributed by atoms with Crippen molar-refractivity contribution in [2.45, 2.75) is 12.7 Å². The summed E-state index contributed by atoms with van der Waals surface area (Å²) in [6.45, 7) is 0.551. The summed E-state index contributed by atoms with van der Waals surface area (Å²) in [6, 6.07) is 12.3. The maximum atomic E-state index is 13.0. The first-order valence-electron chi connectivity index (χ1n) is 7.79. The fourth-order valence-corrected chi connectivity index (χ4v) is 2.27. The number of aromatic nitrogens is 4. The third kappa shape index (κ3) is 4.29. The van der Waals surface area contributed by atoms with Gasteiger partial charge in [0.05, 0.1) is 6.54 Å². The third-order valence-electron chi connectivity index (χ3n) is 3.53. The van der Waals surface area contributed by atoms with Crippen molar-refractivity contribution in [2.24, 2.45) is 0 Å². The van der Waals surface area contributed by atoms with Crippen molar-refractivity contribution < 1.29 is 13.2 Å². The van der Waals surface area contributed by atoms with E-state index in [1.807, 2.05) is 30.3 Å². The monoisotopic (exact) mass is 362 g/mol. The Hall–Kier alpha value is -3.10. The van der Waals surface area contributed by atoms with Crippen LogP contribution in [-0.4, -0.2) is 33.8 Å². The molecular weight excluding hydrogens is 345 g/mol.